The summed E-state index contributed by atoms with van der Waals surface area (Å²) in [4.78, 5) is 12.9. The quantitative estimate of drug-likeness (QED) is 0.546. The molecule has 1 rings (SSSR count). The molecule has 2 heteroatoms. The number of benzene rings is 1. The van der Waals surface area contributed by atoms with E-state index in [1.54, 1.807) is 13.0 Å². The van der Waals surface area contributed by atoms with E-state index in [4.69, 9.17) is 0 Å². The molecule has 0 aliphatic rings. The van der Waals surface area contributed by atoms with Crippen molar-refractivity contribution in [3.05, 3.63) is 42.5 Å². The largest absolute Gasteiger partial charge is 0.378 e. The zero-order valence-electron chi connectivity index (χ0n) is 9.95. The number of allylic oxidation sites excluding steroid dienone is 1. The van der Waals surface area contributed by atoms with Crippen molar-refractivity contribution in [2.45, 2.75) is 13.8 Å². The summed E-state index contributed by atoms with van der Waals surface area (Å²) < 4.78 is 0. The van der Waals surface area contributed by atoms with Crippen molar-refractivity contribution in [1.82, 2.24) is 0 Å². The van der Waals surface area contributed by atoms with Gasteiger partial charge < -0.3 is 4.90 Å². The van der Waals surface area contributed by atoms with Gasteiger partial charge in [0.2, 0.25) is 0 Å². The number of ketones is 1. The van der Waals surface area contributed by atoms with Crippen LogP contribution < -0.4 is 4.90 Å². The molecule has 0 saturated carbocycles. The third kappa shape index (κ3) is 5.01. The lowest BCUT2D eigenvalue weighted by Crippen LogP contribution is -2.08. The van der Waals surface area contributed by atoms with Crippen molar-refractivity contribution in [2.24, 2.45) is 0 Å². The molecule has 15 heavy (non-hydrogen) atoms. The second kappa shape index (κ2) is 6.82. The minimum atomic E-state index is 0.111. The molecule has 0 aliphatic heterocycles. The molecule has 0 aliphatic carbocycles. The Morgan fingerprint density at radius 2 is 1.67 bits per heavy atom. The van der Waals surface area contributed by atoms with Crippen molar-refractivity contribution in [3.8, 4) is 0 Å². The van der Waals surface area contributed by atoms with Gasteiger partial charge in [-0.2, -0.15) is 0 Å². The lowest BCUT2D eigenvalue weighted by atomic mass is 10.1. The topological polar surface area (TPSA) is 20.3 Å². The molecule has 0 saturated heterocycles. The molecule has 0 atom stereocenters. The van der Waals surface area contributed by atoms with Gasteiger partial charge in [-0.25, -0.2) is 0 Å². The first-order valence-corrected chi connectivity index (χ1v) is 4.88. The van der Waals surface area contributed by atoms with Crippen molar-refractivity contribution >= 4 is 11.5 Å². The van der Waals surface area contributed by atoms with Crippen LogP contribution in [0.3, 0.4) is 0 Å². The number of carbonyl (C=O) groups excluding carboxylic acids is 1. The van der Waals surface area contributed by atoms with Gasteiger partial charge in [-0.3, -0.25) is 4.79 Å². The fraction of sp³-hybridized carbons (Fsp3) is 0.308. The van der Waals surface area contributed by atoms with E-state index >= 15 is 0 Å². The van der Waals surface area contributed by atoms with Crippen LogP contribution in [0.2, 0.25) is 0 Å². The van der Waals surface area contributed by atoms with Gasteiger partial charge in [-0.15, -0.1) is 6.58 Å². The van der Waals surface area contributed by atoms with Crippen molar-refractivity contribution in [3.63, 3.8) is 0 Å². The fourth-order valence-corrected chi connectivity index (χ4v) is 0.994. The maximum Gasteiger partial charge on any atom is 0.159 e. The molecule has 0 unspecified atom stereocenters. The van der Waals surface area contributed by atoms with E-state index in [1.807, 2.05) is 50.2 Å². The Morgan fingerprint density at radius 3 is 1.93 bits per heavy atom. The number of hydrogen-bond donors (Lipinski definition) is 0. The maximum absolute atomic E-state index is 10.9. The summed E-state index contributed by atoms with van der Waals surface area (Å²) in [7, 11) is 3.95. The van der Waals surface area contributed by atoms with E-state index < -0.39 is 0 Å². The number of hydrogen-bond acceptors (Lipinski definition) is 2. The first-order chi connectivity index (χ1) is 7.02. The number of Topliss-reactive ketones (excluding diaryl/α,β-unsaturated/α-hetero) is 1. The summed E-state index contributed by atoms with van der Waals surface area (Å²) in [6.07, 6.45) is 1.75. The van der Waals surface area contributed by atoms with Crippen LogP contribution in [0.4, 0.5) is 5.69 Å². The zero-order valence-corrected chi connectivity index (χ0v) is 9.95. The highest BCUT2D eigenvalue weighted by molar-refractivity contribution is 5.94. The number of carbonyl (C=O) groups is 1. The highest BCUT2D eigenvalue weighted by Gasteiger charge is 1.98. The smallest absolute Gasteiger partial charge is 0.159 e. The standard InChI is InChI=1S/C10H13NO.C3H6/c1-8(12)9-4-6-10(7-5-9)11(2)3;1-3-2/h4-7H,1-3H3;3H,1H2,2H3. The van der Waals surface area contributed by atoms with Crippen LogP contribution in [-0.2, 0) is 0 Å². The summed E-state index contributed by atoms with van der Waals surface area (Å²) in [5, 5.41) is 0. The molecule has 1 aromatic carbocycles. The molecule has 0 amide bonds. The molecule has 0 radical (unpaired) electrons. The van der Waals surface area contributed by atoms with E-state index in [0.29, 0.717) is 0 Å². The normalized spacial score (nSPS) is 8.53. The van der Waals surface area contributed by atoms with Crippen LogP contribution in [0.5, 0.6) is 0 Å². The highest BCUT2D eigenvalue weighted by Crippen LogP contribution is 2.12. The summed E-state index contributed by atoms with van der Waals surface area (Å²) >= 11 is 0. The molecule has 0 bridgehead atoms. The highest BCUT2D eigenvalue weighted by atomic mass is 16.1. The average molecular weight is 205 g/mol. The van der Waals surface area contributed by atoms with Gasteiger partial charge in [-0.1, -0.05) is 6.08 Å². The Kier molecular flexibility index (Phi) is 6.11. The molecule has 2 nitrogen and oxygen atoms in total. The van der Waals surface area contributed by atoms with Crippen molar-refractivity contribution < 1.29 is 4.79 Å². The summed E-state index contributed by atoms with van der Waals surface area (Å²) in [6, 6.07) is 7.57. The molecular weight excluding hydrogens is 186 g/mol. The van der Waals surface area contributed by atoms with E-state index in [1.165, 1.54) is 0 Å². The zero-order chi connectivity index (χ0) is 11.8. The molecule has 0 fully saturated rings. The molecular formula is C13H19NO. The van der Waals surface area contributed by atoms with Gasteiger partial charge in [0.15, 0.2) is 5.78 Å². The Morgan fingerprint density at radius 1 is 1.27 bits per heavy atom. The van der Waals surface area contributed by atoms with E-state index in [0.717, 1.165) is 11.3 Å². The molecule has 1 aromatic rings. The van der Waals surface area contributed by atoms with Gasteiger partial charge in [0, 0.05) is 25.3 Å². The third-order valence-electron chi connectivity index (χ3n) is 1.79. The molecule has 82 valence electrons. The van der Waals surface area contributed by atoms with Crippen LogP contribution in [0.1, 0.15) is 24.2 Å². The lowest BCUT2D eigenvalue weighted by molar-refractivity contribution is 0.101. The minimum absolute atomic E-state index is 0.111. The molecule has 0 heterocycles. The second-order valence-electron chi connectivity index (χ2n) is 3.41. The Bertz CT molecular complexity index is 312. The minimum Gasteiger partial charge on any atom is -0.378 e. The monoisotopic (exact) mass is 205 g/mol. The predicted molar refractivity (Wildman–Crippen MR) is 66.6 cm³/mol. The predicted octanol–water partition coefficient (Wildman–Crippen LogP) is 3.15. The summed E-state index contributed by atoms with van der Waals surface area (Å²) in [5.74, 6) is 0.111. The molecule has 0 N–H and O–H groups in total. The van der Waals surface area contributed by atoms with Gasteiger partial charge >= 0.3 is 0 Å². The van der Waals surface area contributed by atoms with E-state index in [2.05, 4.69) is 6.58 Å². The van der Waals surface area contributed by atoms with Gasteiger partial charge in [0.25, 0.3) is 0 Å². The number of rotatable bonds is 2. The first-order valence-electron chi connectivity index (χ1n) is 4.88. The average Bonchev–Trinajstić information content (AvgIpc) is 2.19. The third-order valence-corrected chi connectivity index (χ3v) is 1.79. The molecule has 0 spiro atoms. The number of nitrogens with zero attached hydrogens (tertiary/aromatic N) is 1. The Balaban J connectivity index is 0.000000583. The van der Waals surface area contributed by atoms with E-state index in [-0.39, 0.29) is 5.78 Å². The number of anilines is 1. The Hall–Kier alpha value is -1.57. The fourth-order valence-electron chi connectivity index (χ4n) is 0.994. The lowest BCUT2D eigenvalue weighted by Gasteiger charge is -2.11. The molecule has 0 aromatic heterocycles. The second-order valence-corrected chi connectivity index (χ2v) is 3.41. The maximum atomic E-state index is 10.9. The van der Waals surface area contributed by atoms with Crippen LogP contribution in [0, 0.1) is 0 Å². The van der Waals surface area contributed by atoms with Gasteiger partial charge in [0.05, 0.1) is 0 Å². The van der Waals surface area contributed by atoms with E-state index in [9.17, 15) is 4.79 Å². The van der Waals surface area contributed by atoms with Crippen LogP contribution in [0.15, 0.2) is 36.9 Å². The van der Waals surface area contributed by atoms with Crippen LogP contribution in [-0.4, -0.2) is 19.9 Å². The van der Waals surface area contributed by atoms with Crippen molar-refractivity contribution in [1.29, 1.82) is 0 Å². The van der Waals surface area contributed by atoms with Gasteiger partial charge in [-0.05, 0) is 38.1 Å². The first kappa shape index (κ1) is 13.4. The SMILES string of the molecule is C=CC.CC(=O)c1ccc(N(C)C)cc1. The van der Waals surface area contributed by atoms with Crippen LogP contribution >= 0.6 is 0 Å². The van der Waals surface area contributed by atoms with Crippen LogP contribution in [0.25, 0.3) is 0 Å². The van der Waals surface area contributed by atoms with Gasteiger partial charge in [0.1, 0.15) is 0 Å². The van der Waals surface area contributed by atoms with Crippen molar-refractivity contribution in [2.75, 3.05) is 19.0 Å². The Labute approximate surface area is 92.2 Å². The summed E-state index contributed by atoms with van der Waals surface area (Å²) in [5.41, 5.74) is 1.88. The summed E-state index contributed by atoms with van der Waals surface area (Å²) in [6.45, 7) is 6.82.